The van der Waals surface area contributed by atoms with Crippen LogP contribution in [0.25, 0.3) is 0 Å². The number of phosphoric ester groups is 2. The van der Waals surface area contributed by atoms with Gasteiger partial charge in [-0.05, 0) is 51.4 Å². The second kappa shape index (κ2) is 41.6. The number of carbonyl (C=O) groups is 2. The highest BCUT2D eigenvalue weighted by Gasteiger charge is 2.28. The molecular weight excluding hydrogens is 822 g/mol. The van der Waals surface area contributed by atoms with Gasteiger partial charge in [0.1, 0.15) is 12.7 Å². The molecule has 352 valence electrons. The monoisotopic (exact) mass is 903 g/mol. The zero-order chi connectivity index (χ0) is 45.1. The average Bonchev–Trinajstić information content (AvgIpc) is 3.22. The quantitative estimate of drug-likeness (QED) is 0.0196. The number of hydrogen-bond donors (Lipinski definition) is 4. The van der Waals surface area contributed by atoms with Gasteiger partial charge in [-0.2, -0.15) is 0 Å². The molecule has 0 rings (SSSR count). The number of esters is 2. The first-order valence-corrected chi connectivity index (χ1v) is 25.7. The van der Waals surface area contributed by atoms with Crippen LogP contribution in [0, 0.1) is 0 Å². The van der Waals surface area contributed by atoms with Crippen LogP contribution in [0.15, 0.2) is 72.9 Å². The Bertz CT molecular complexity index is 1350. The molecule has 3 atom stereocenters. The number of aliphatic hydroxyl groups excluding tert-OH is 1. The third-order valence-electron chi connectivity index (χ3n) is 9.11. The summed E-state index contributed by atoms with van der Waals surface area (Å²) in [4.78, 5) is 52.7. The minimum Gasteiger partial charge on any atom is -0.462 e. The van der Waals surface area contributed by atoms with Crippen LogP contribution in [0.4, 0.5) is 0 Å². The van der Waals surface area contributed by atoms with Crippen molar-refractivity contribution in [3.63, 3.8) is 0 Å². The van der Waals surface area contributed by atoms with Crippen LogP contribution in [0.3, 0.4) is 0 Å². The van der Waals surface area contributed by atoms with E-state index in [0.29, 0.717) is 19.3 Å². The lowest BCUT2D eigenvalue weighted by Gasteiger charge is -2.20. The van der Waals surface area contributed by atoms with Gasteiger partial charge in [0.2, 0.25) is 0 Å². The van der Waals surface area contributed by atoms with Gasteiger partial charge in [-0.25, -0.2) is 9.13 Å². The van der Waals surface area contributed by atoms with E-state index in [9.17, 15) is 28.7 Å². The van der Waals surface area contributed by atoms with Gasteiger partial charge in [0.05, 0.1) is 19.8 Å². The van der Waals surface area contributed by atoms with Crippen LogP contribution >= 0.6 is 15.6 Å². The molecule has 0 aliphatic rings. The number of carbonyl (C=O) groups excluding carboxylic acids is 2. The summed E-state index contributed by atoms with van der Waals surface area (Å²) in [6.45, 7) is 1.57. The molecule has 61 heavy (non-hydrogen) atoms. The zero-order valence-corrected chi connectivity index (χ0v) is 39.0. The first kappa shape index (κ1) is 58.6. The zero-order valence-electron chi connectivity index (χ0n) is 37.2. The summed E-state index contributed by atoms with van der Waals surface area (Å²) in [5, 5.41) is 9.75. The number of ether oxygens (including phenoxy) is 2. The summed E-state index contributed by atoms with van der Waals surface area (Å²) in [7, 11) is -9.70. The van der Waals surface area contributed by atoms with E-state index in [1.54, 1.807) is 0 Å². The highest BCUT2D eigenvalue weighted by Crippen LogP contribution is 2.43. The molecule has 0 spiro atoms. The lowest BCUT2D eigenvalue weighted by atomic mass is 10.0. The Labute approximate surface area is 367 Å². The van der Waals surface area contributed by atoms with Crippen LogP contribution in [-0.4, -0.2) is 70.4 Å². The van der Waals surface area contributed by atoms with Crippen LogP contribution < -0.4 is 0 Å². The molecule has 4 N–H and O–H groups in total. The number of hydrogen-bond acceptors (Lipinski definition) is 10. The fourth-order valence-corrected chi connectivity index (χ4v) is 6.88. The van der Waals surface area contributed by atoms with E-state index < -0.39 is 66.2 Å². The van der Waals surface area contributed by atoms with E-state index in [1.807, 2.05) is 18.2 Å². The van der Waals surface area contributed by atoms with Crippen molar-refractivity contribution >= 4 is 27.6 Å². The van der Waals surface area contributed by atoms with Gasteiger partial charge in [-0.3, -0.25) is 23.2 Å². The van der Waals surface area contributed by atoms with Crippen molar-refractivity contribution in [3.8, 4) is 0 Å². The molecule has 0 aromatic rings. The molecule has 0 aromatic carbocycles. The maximum absolute atomic E-state index is 12.7. The summed E-state index contributed by atoms with van der Waals surface area (Å²) in [6, 6.07) is 0. The molecule has 0 radical (unpaired) electrons. The molecule has 0 heterocycles. The standard InChI is InChI=1S/C46H80O13P2/c1-3-5-7-9-11-13-15-17-19-20-21-22-24-25-27-29-31-33-35-37-45(48)55-41-44(42-58-61(53,54)57-40-43(47)39-56-60(50,51)52)59-46(49)38-36-34-32-30-28-26-23-18-16-14-12-10-8-6-4-2/h5,7,11,13,17,19,21-22,25,27,31,33,43-44,47H,3-4,6,8-10,12,14-16,18,20,23-24,26,28-30,32,34-42H2,1-2H3,(H,53,54)(H2,50,51,52)/b7-5-,13-11-,19-17-,22-21-,27-25-,33-31-/t43-,44+/m0/s1. The number of unbranched alkanes of at least 4 members (excludes halogenated alkanes) is 14. The summed E-state index contributed by atoms with van der Waals surface area (Å²) in [5.74, 6) is -1.13. The molecule has 0 aromatic heterocycles. The van der Waals surface area contributed by atoms with Crippen LogP contribution in [0.5, 0.6) is 0 Å². The Balaban J connectivity index is 4.61. The molecule has 0 saturated carbocycles. The van der Waals surface area contributed by atoms with Gasteiger partial charge >= 0.3 is 27.6 Å². The molecule has 0 bridgehead atoms. The average molecular weight is 903 g/mol. The van der Waals surface area contributed by atoms with Crippen molar-refractivity contribution in [1.82, 2.24) is 0 Å². The molecular formula is C46H80O13P2. The SMILES string of the molecule is CC/C=C\C/C=C\C/C=C\C/C=C\C/C=C\C/C=C\CCC(=O)OC[C@H](COP(=O)(O)OC[C@@H](O)COP(=O)(O)O)OC(=O)CCCCCCCCCCCCCCCCC. The van der Waals surface area contributed by atoms with E-state index in [-0.39, 0.29) is 12.8 Å². The van der Waals surface area contributed by atoms with Crippen molar-refractivity contribution < 1.29 is 61.6 Å². The maximum Gasteiger partial charge on any atom is 0.472 e. The largest absolute Gasteiger partial charge is 0.472 e. The molecule has 1 unspecified atom stereocenters. The summed E-state index contributed by atoms with van der Waals surface area (Å²) in [6.07, 6.45) is 46.2. The van der Waals surface area contributed by atoms with Gasteiger partial charge in [-0.1, -0.05) is 177 Å². The normalized spacial score (nSPS) is 14.7. The Morgan fingerprint density at radius 3 is 1.36 bits per heavy atom. The lowest BCUT2D eigenvalue weighted by molar-refractivity contribution is -0.161. The highest BCUT2D eigenvalue weighted by atomic mass is 31.2. The number of aliphatic hydroxyl groups is 1. The van der Waals surface area contributed by atoms with E-state index in [4.69, 9.17) is 23.8 Å². The maximum atomic E-state index is 12.7. The van der Waals surface area contributed by atoms with Gasteiger partial charge < -0.3 is 29.3 Å². The van der Waals surface area contributed by atoms with Gasteiger partial charge in [0.25, 0.3) is 0 Å². The van der Waals surface area contributed by atoms with Crippen molar-refractivity contribution in [2.75, 3.05) is 26.4 Å². The van der Waals surface area contributed by atoms with Gasteiger partial charge in [0.15, 0.2) is 6.10 Å². The Morgan fingerprint density at radius 2 is 0.902 bits per heavy atom. The van der Waals surface area contributed by atoms with E-state index in [1.165, 1.54) is 70.6 Å². The highest BCUT2D eigenvalue weighted by molar-refractivity contribution is 7.47. The molecule has 13 nitrogen and oxygen atoms in total. The van der Waals surface area contributed by atoms with Gasteiger partial charge in [-0.15, -0.1) is 0 Å². The molecule has 0 aliphatic heterocycles. The minimum absolute atomic E-state index is 0.0684. The Kier molecular flexibility index (Phi) is 39.9. The lowest BCUT2D eigenvalue weighted by Crippen LogP contribution is -2.29. The fourth-order valence-electron chi connectivity index (χ4n) is 5.73. The predicted octanol–water partition coefficient (Wildman–Crippen LogP) is 11.8. The molecule has 0 saturated heterocycles. The molecule has 15 heteroatoms. The van der Waals surface area contributed by atoms with Gasteiger partial charge in [0, 0.05) is 12.8 Å². The first-order chi connectivity index (χ1) is 29.4. The minimum atomic E-state index is -4.87. The van der Waals surface area contributed by atoms with Crippen molar-refractivity contribution in [1.29, 1.82) is 0 Å². The van der Waals surface area contributed by atoms with E-state index >= 15 is 0 Å². The second-order valence-electron chi connectivity index (χ2n) is 14.9. The van der Waals surface area contributed by atoms with E-state index in [2.05, 4.69) is 77.6 Å². The number of allylic oxidation sites excluding steroid dienone is 12. The molecule has 0 amide bonds. The van der Waals surface area contributed by atoms with Crippen LogP contribution in [-0.2, 0) is 41.8 Å². The summed E-state index contributed by atoms with van der Waals surface area (Å²) < 4.78 is 47.7. The number of rotatable bonds is 42. The topological polar surface area (TPSA) is 195 Å². The Morgan fingerprint density at radius 1 is 0.492 bits per heavy atom. The third-order valence-corrected chi connectivity index (χ3v) is 10.5. The number of phosphoric acid groups is 2. The van der Waals surface area contributed by atoms with E-state index in [0.717, 1.165) is 51.4 Å². The Hall–Kier alpha value is -2.44. The third kappa shape index (κ3) is 45.4. The summed E-state index contributed by atoms with van der Waals surface area (Å²) in [5.41, 5.74) is 0. The smallest absolute Gasteiger partial charge is 0.462 e. The second-order valence-corrected chi connectivity index (χ2v) is 17.6. The van der Waals surface area contributed by atoms with Crippen molar-refractivity contribution in [2.24, 2.45) is 0 Å². The molecule has 0 aliphatic carbocycles. The van der Waals surface area contributed by atoms with Crippen molar-refractivity contribution in [3.05, 3.63) is 72.9 Å². The van der Waals surface area contributed by atoms with Crippen LogP contribution in [0.1, 0.15) is 168 Å². The fraction of sp³-hybridized carbons (Fsp3) is 0.696. The predicted molar refractivity (Wildman–Crippen MR) is 244 cm³/mol. The first-order valence-electron chi connectivity index (χ1n) is 22.6. The molecule has 0 fully saturated rings. The summed E-state index contributed by atoms with van der Waals surface area (Å²) >= 11 is 0. The van der Waals surface area contributed by atoms with Crippen molar-refractivity contribution in [2.45, 2.75) is 180 Å². The van der Waals surface area contributed by atoms with Crippen LogP contribution in [0.2, 0.25) is 0 Å².